The van der Waals surface area contributed by atoms with Gasteiger partial charge in [0.15, 0.2) is 5.69 Å². The molecule has 1 aliphatic rings. The molecule has 8 heteroatoms. The molecule has 1 unspecified atom stereocenters. The summed E-state index contributed by atoms with van der Waals surface area (Å²) >= 11 is 6.12. The Morgan fingerprint density at radius 2 is 2.14 bits per heavy atom. The van der Waals surface area contributed by atoms with Gasteiger partial charge in [-0.3, -0.25) is 9.59 Å². The topological polar surface area (TPSA) is 81.9 Å². The number of aryl methyl sites for hydroxylation is 1. The number of amides is 1. The van der Waals surface area contributed by atoms with Crippen LogP contribution in [0.1, 0.15) is 41.6 Å². The van der Waals surface area contributed by atoms with E-state index in [1.807, 2.05) is 12.1 Å². The Labute approximate surface area is 168 Å². The first-order chi connectivity index (χ1) is 13.5. The van der Waals surface area contributed by atoms with Crippen molar-refractivity contribution in [1.29, 1.82) is 0 Å². The Morgan fingerprint density at radius 3 is 2.89 bits per heavy atom. The molecule has 1 saturated heterocycles. The minimum atomic E-state index is -0.312. The summed E-state index contributed by atoms with van der Waals surface area (Å²) in [4.78, 5) is 26.7. The van der Waals surface area contributed by atoms with Crippen LogP contribution < -0.4 is 4.74 Å². The highest BCUT2D eigenvalue weighted by Gasteiger charge is 2.32. The number of aromatic nitrogens is 1. The average Bonchev–Trinajstić information content (AvgIpc) is 3.07. The van der Waals surface area contributed by atoms with Crippen LogP contribution in [0.2, 0.25) is 5.02 Å². The highest BCUT2D eigenvalue weighted by molar-refractivity contribution is 6.32. The minimum Gasteiger partial charge on any atom is -0.487 e. The summed E-state index contributed by atoms with van der Waals surface area (Å²) in [5.74, 6) is 0.175. The highest BCUT2D eigenvalue weighted by Crippen LogP contribution is 2.26. The maximum atomic E-state index is 13.0. The zero-order valence-electron chi connectivity index (χ0n) is 15.9. The lowest BCUT2D eigenvalue weighted by Crippen LogP contribution is -2.43. The summed E-state index contributed by atoms with van der Waals surface area (Å²) in [6.45, 7) is 4.81. The van der Waals surface area contributed by atoms with Crippen molar-refractivity contribution in [3.05, 3.63) is 46.3 Å². The highest BCUT2D eigenvalue weighted by atomic mass is 35.5. The van der Waals surface area contributed by atoms with Crippen molar-refractivity contribution in [2.45, 2.75) is 33.3 Å². The van der Waals surface area contributed by atoms with Gasteiger partial charge >= 0.3 is 5.97 Å². The largest absolute Gasteiger partial charge is 0.487 e. The van der Waals surface area contributed by atoms with Crippen LogP contribution in [0, 0.1) is 12.8 Å². The van der Waals surface area contributed by atoms with E-state index in [1.54, 1.807) is 30.9 Å². The van der Waals surface area contributed by atoms with Crippen molar-refractivity contribution in [2.24, 2.45) is 5.92 Å². The Bertz CT molecular complexity index is 851. The van der Waals surface area contributed by atoms with Crippen molar-refractivity contribution in [1.82, 2.24) is 10.1 Å². The molecule has 0 radical (unpaired) electrons. The molecule has 0 aliphatic carbocycles. The van der Waals surface area contributed by atoms with E-state index in [0.29, 0.717) is 48.2 Å². The zero-order valence-corrected chi connectivity index (χ0v) is 16.7. The predicted octanol–water partition coefficient (Wildman–Crippen LogP) is 3.63. The van der Waals surface area contributed by atoms with E-state index in [4.69, 9.17) is 25.6 Å². The molecule has 2 heterocycles. The normalized spacial score (nSPS) is 16.7. The Balaban J connectivity index is 1.72. The van der Waals surface area contributed by atoms with E-state index >= 15 is 0 Å². The predicted molar refractivity (Wildman–Crippen MR) is 102 cm³/mol. The van der Waals surface area contributed by atoms with Crippen LogP contribution in [0.3, 0.4) is 0 Å². The molecule has 1 fully saturated rings. The Hall–Kier alpha value is -2.54. The van der Waals surface area contributed by atoms with Gasteiger partial charge in [0.25, 0.3) is 5.91 Å². The van der Waals surface area contributed by atoms with Gasteiger partial charge in [-0.15, -0.1) is 0 Å². The van der Waals surface area contributed by atoms with Gasteiger partial charge in [-0.1, -0.05) is 28.9 Å². The maximum Gasteiger partial charge on any atom is 0.310 e. The number of para-hydroxylation sites is 1. The number of carbonyl (C=O) groups excluding carboxylic acids is 2. The number of rotatable bonds is 6. The first kappa shape index (κ1) is 20.2. The van der Waals surface area contributed by atoms with Crippen LogP contribution in [0.25, 0.3) is 0 Å². The SMILES string of the molecule is CCOC(=O)C1CCCN(C(=O)c2noc(C)c2COc2ccccc2Cl)C1. The lowest BCUT2D eigenvalue weighted by molar-refractivity contribution is -0.149. The van der Waals surface area contributed by atoms with E-state index in [1.165, 1.54) is 0 Å². The molecule has 1 atom stereocenters. The fraction of sp³-hybridized carbons (Fsp3) is 0.450. The van der Waals surface area contributed by atoms with Gasteiger partial charge < -0.3 is 18.9 Å². The van der Waals surface area contributed by atoms with Crippen molar-refractivity contribution in [2.75, 3.05) is 19.7 Å². The Kier molecular flexibility index (Phi) is 6.57. The number of benzene rings is 1. The number of carbonyl (C=O) groups is 2. The van der Waals surface area contributed by atoms with Gasteiger partial charge in [0.1, 0.15) is 18.1 Å². The van der Waals surface area contributed by atoms with E-state index in [9.17, 15) is 9.59 Å². The molecule has 1 aromatic heterocycles. The number of hydrogen-bond donors (Lipinski definition) is 0. The molecule has 0 bridgehead atoms. The molecule has 3 rings (SSSR count). The summed E-state index contributed by atoms with van der Waals surface area (Å²) in [7, 11) is 0. The third-order valence-electron chi connectivity index (χ3n) is 4.72. The van der Waals surface area contributed by atoms with Crippen molar-refractivity contribution < 1.29 is 23.6 Å². The molecule has 1 amide bonds. The average molecular weight is 407 g/mol. The van der Waals surface area contributed by atoms with Crippen molar-refractivity contribution >= 4 is 23.5 Å². The molecule has 0 saturated carbocycles. The lowest BCUT2D eigenvalue weighted by Gasteiger charge is -2.31. The number of halogens is 1. The summed E-state index contributed by atoms with van der Waals surface area (Å²) in [5.41, 5.74) is 0.775. The molecule has 28 heavy (non-hydrogen) atoms. The second-order valence-electron chi connectivity index (χ2n) is 6.63. The molecule has 150 valence electrons. The molecule has 1 aliphatic heterocycles. The van der Waals surface area contributed by atoms with Crippen LogP contribution in [0.15, 0.2) is 28.8 Å². The zero-order chi connectivity index (χ0) is 20.1. The van der Waals surface area contributed by atoms with Crippen LogP contribution in [-0.4, -0.2) is 41.6 Å². The quantitative estimate of drug-likeness (QED) is 0.681. The van der Waals surface area contributed by atoms with E-state index in [0.717, 1.165) is 6.42 Å². The molecule has 0 spiro atoms. The number of hydrogen-bond acceptors (Lipinski definition) is 6. The number of esters is 1. The van der Waals surface area contributed by atoms with Gasteiger partial charge in [-0.05, 0) is 38.8 Å². The summed E-state index contributed by atoms with van der Waals surface area (Å²) in [5, 5.41) is 4.42. The van der Waals surface area contributed by atoms with Crippen molar-refractivity contribution in [3.8, 4) is 5.75 Å². The van der Waals surface area contributed by atoms with Gasteiger partial charge in [0.2, 0.25) is 0 Å². The smallest absolute Gasteiger partial charge is 0.310 e. The number of nitrogens with zero attached hydrogens (tertiary/aromatic N) is 2. The van der Waals surface area contributed by atoms with E-state index in [-0.39, 0.29) is 30.1 Å². The second-order valence-corrected chi connectivity index (χ2v) is 7.03. The summed E-state index contributed by atoms with van der Waals surface area (Å²) < 4.78 is 16.1. The number of likely N-dealkylation sites (tertiary alicyclic amines) is 1. The molecular formula is C20H23ClN2O5. The summed E-state index contributed by atoms with van der Waals surface area (Å²) in [6, 6.07) is 7.11. The van der Waals surface area contributed by atoms with E-state index < -0.39 is 0 Å². The monoisotopic (exact) mass is 406 g/mol. The molecule has 7 nitrogen and oxygen atoms in total. The molecular weight excluding hydrogens is 384 g/mol. The second kappa shape index (κ2) is 9.10. The molecule has 2 aromatic rings. The first-order valence-corrected chi connectivity index (χ1v) is 9.67. The third kappa shape index (κ3) is 4.47. The van der Waals surface area contributed by atoms with Gasteiger partial charge in [-0.25, -0.2) is 0 Å². The minimum absolute atomic E-state index is 0.106. The van der Waals surface area contributed by atoms with Gasteiger partial charge in [-0.2, -0.15) is 0 Å². The van der Waals surface area contributed by atoms with Crippen LogP contribution in [0.4, 0.5) is 0 Å². The summed E-state index contributed by atoms with van der Waals surface area (Å²) in [6.07, 6.45) is 1.44. The number of piperidine rings is 1. The van der Waals surface area contributed by atoms with Crippen molar-refractivity contribution in [3.63, 3.8) is 0 Å². The number of ether oxygens (including phenoxy) is 2. The lowest BCUT2D eigenvalue weighted by atomic mass is 9.97. The fourth-order valence-electron chi connectivity index (χ4n) is 3.20. The van der Waals surface area contributed by atoms with Crippen LogP contribution in [-0.2, 0) is 16.1 Å². The van der Waals surface area contributed by atoms with Gasteiger partial charge in [0, 0.05) is 13.1 Å². The van der Waals surface area contributed by atoms with Gasteiger partial charge in [0.05, 0.1) is 23.1 Å². The maximum absolute atomic E-state index is 13.0. The standard InChI is InChI=1S/C20H23ClN2O5/c1-3-26-20(25)14-7-6-10-23(11-14)19(24)18-15(13(2)28-22-18)12-27-17-9-5-4-8-16(17)21/h4-5,8-9,14H,3,6-7,10-12H2,1-2H3. The Morgan fingerprint density at radius 1 is 1.36 bits per heavy atom. The van der Waals surface area contributed by atoms with Crippen LogP contribution in [0.5, 0.6) is 5.75 Å². The fourth-order valence-corrected chi connectivity index (χ4v) is 3.40. The van der Waals surface area contributed by atoms with Crippen LogP contribution >= 0.6 is 11.6 Å². The first-order valence-electron chi connectivity index (χ1n) is 9.29. The van der Waals surface area contributed by atoms with E-state index in [2.05, 4.69) is 5.16 Å². The molecule has 1 aromatic carbocycles. The molecule has 0 N–H and O–H groups in total. The third-order valence-corrected chi connectivity index (χ3v) is 5.04.